The molecule has 0 aromatic rings. The van der Waals surface area contributed by atoms with E-state index in [4.69, 9.17) is 9.47 Å². The molecule has 108 valence electrons. The first kappa shape index (κ1) is 17.4. The van der Waals surface area contributed by atoms with E-state index in [-0.39, 0.29) is 0 Å². The van der Waals surface area contributed by atoms with E-state index < -0.39 is 0 Å². The molecule has 1 aliphatic rings. The number of methoxy groups -OCH3 is 2. The molecule has 1 fully saturated rings. The van der Waals surface area contributed by atoms with Crippen molar-refractivity contribution in [1.82, 2.24) is 9.80 Å². The fourth-order valence-corrected chi connectivity index (χ4v) is 1.49. The number of likely N-dealkylation sites (tertiary alicyclic amines) is 1. The summed E-state index contributed by atoms with van der Waals surface area (Å²) in [4.78, 5) is 14.4. The van der Waals surface area contributed by atoms with Crippen LogP contribution in [0.25, 0.3) is 0 Å². The molecule has 0 N–H and O–H groups in total. The maximum Gasteiger partial charge on any atom is 0.209 e. The Kier molecular flexibility index (Phi) is 11.0. The minimum Gasteiger partial charge on any atom is -0.383 e. The van der Waals surface area contributed by atoms with Gasteiger partial charge in [0.05, 0.1) is 13.2 Å². The molecule has 5 nitrogen and oxygen atoms in total. The summed E-state index contributed by atoms with van der Waals surface area (Å²) in [7, 11) is 3.22. The highest BCUT2D eigenvalue weighted by molar-refractivity contribution is 5.46. The SMILES string of the molecule is CC(C)N1CCC1.COCCN(C=O)CCOC. The number of carbonyl (C=O) groups is 1. The minimum absolute atomic E-state index is 0.572. The molecule has 18 heavy (non-hydrogen) atoms. The zero-order chi connectivity index (χ0) is 13.8. The van der Waals surface area contributed by atoms with Gasteiger partial charge in [-0.05, 0) is 33.4 Å². The molecule has 1 heterocycles. The molecule has 0 aromatic heterocycles. The van der Waals surface area contributed by atoms with Gasteiger partial charge in [-0.25, -0.2) is 0 Å². The van der Waals surface area contributed by atoms with Gasteiger partial charge in [-0.1, -0.05) is 0 Å². The Labute approximate surface area is 111 Å². The van der Waals surface area contributed by atoms with Crippen LogP contribution in [0.1, 0.15) is 20.3 Å². The van der Waals surface area contributed by atoms with Crippen molar-refractivity contribution in [2.45, 2.75) is 26.3 Å². The highest BCUT2D eigenvalue weighted by atomic mass is 16.5. The maximum absolute atomic E-state index is 10.3. The second-order valence-corrected chi connectivity index (χ2v) is 4.61. The summed E-state index contributed by atoms with van der Waals surface area (Å²) in [6.07, 6.45) is 2.22. The van der Waals surface area contributed by atoms with Crippen molar-refractivity contribution in [3.8, 4) is 0 Å². The number of ether oxygens (including phenoxy) is 2. The third kappa shape index (κ3) is 8.44. The van der Waals surface area contributed by atoms with Gasteiger partial charge in [-0.15, -0.1) is 0 Å². The number of nitrogens with zero attached hydrogens (tertiary/aromatic N) is 2. The quantitative estimate of drug-likeness (QED) is 0.607. The van der Waals surface area contributed by atoms with Gasteiger partial charge in [-0.3, -0.25) is 4.79 Å². The average molecular weight is 260 g/mol. The maximum atomic E-state index is 10.3. The monoisotopic (exact) mass is 260 g/mol. The highest BCUT2D eigenvalue weighted by Gasteiger charge is 2.15. The van der Waals surface area contributed by atoms with Crippen LogP contribution in [0.5, 0.6) is 0 Å². The van der Waals surface area contributed by atoms with E-state index in [2.05, 4.69) is 18.7 Å². The van der Waals surface area contributed by atoms with Gasteiger partial charge in [0.2, 0.25) is 6.41 Å². The number of hydrogen-bond donors (Lipinski definition) is 0. The van der Waals surface area contributed by atoms with E-state index in [9.17, 15) is 4.79 Å². The molecule has 0 spiro atoms. The van der Waals surface area contributed by atoms with Gasteiger partial charge in [0.1, 0.15) is 0 Å². The number of rotatable bonds is 8. The summed E-state index contributed by atoms with van der Waals surface area (Å²) in [5, 5.41) is 0. The van der Waals surface area contributed by atoms with E-state index in [1.807, 2.05) is 0 Å². The van der Waals surface area contributed by atoms with Gasteiger partial charge in [0.15, 0.2) is 0 Å². The lowest BCUT2D eigenvalue weighted by Gasteiger charge is -2.34. The molecular weight excluding hydrogens is 232 g/mol. The van der Waals surface area contributed by atoms with Crippen molar-refractivity contribution in [2.24, 2.45) is 0 Å². The molecule has 1 rings (SSSR count). The fraction of sp³-hybridized carbons (Fsp3) is 0.923. The van der Waals surface area contributed by atoms with Gasteiger partial charge in [0.25, 0.3) is 0 Å². The predicted octanol–water partition coefficient (Wildman–Crippen LogP) is 0.838. The van der Waals surface area contributed by atoms with Crippen molar-refractivity contribution in [3.05, 3.63) is 0 Å². The van der Waals surface area contributed by atoms with Crippen LogP contribution in [0, 0.1) is 0 Å². The summed E-state index contributed by atoms with van der Waals surface area (Å²) < 4.78 is 9.63. The lowest BCUT2D eigenvalue weighted by atomic mass is 10.2. The van der Waals surface area contributed by atoms with E-state index in [0.29, 0.717) is 26.3 Å². The van der Waals surface area contributed by atoms with E-state index in [0.717, 1.165) is 12.5 Å². The molecule has 1 amide bonds. The molecule has 0 aromatic carbocycles. The molecule has 0 unspecified atom stereocenters. The Balaban J connectivity index is 0.000000351. The van der Waals surface area contributed by atoms with E-state index in [1.54, 1.807) is 19.1 Å². The first-order valence-corrected chi connectivity index (χ1v) is 6.57. The Hall–Kier alpha value is -0.650. The summed E-state index contributed by atoms with van der Waals surface area (Å²) in [5.41, 5.74) is 0. The van der Waals surface area contributed by atoms with Crippen molar-refractivity contribution < 1.29 is 14.3 Å². The van der Waals surface area contributed by atoms with Crippen LogP contribution in [0.3, 0.4) is 0 Å². The third-order valence-corrected chi connectivity index (χ3v) is 2.94. The van der Waals surface area contributed by atoms with Crippen molar-refractivity contribution in [2.75, 3.05) is 53.6 Å². The molecule has 0 atom stereocenters. The number of amides is 1. The molecule has 5 heteroatoms. The summed E-state index contributed by atoms with van der Waals surface area (Å²) in [6.45, 7) is 9.56. The molecule has 0 aliphatic carbocycles. The van der Waals surface area contributed by atoms with Crippen LogP contribution in [0.2, 0.25) is 0 Å². The first-order chi connectivity index (χ1) is 8.65. The van der Waals surface area contributed by atoms with Crippen LogP contribution in [0.4, 0.5) is 0 Å². The molecule has 1 aliphatic heterocycles. The third-order valence-electron chi connectivity index (χ3n) is 2.94. The second-order valence-electron chi connectivity index (χ2n) is 4.61. The Morgan fingerprint density at radius 3 is 1.83 bits per heavy atom. The topological polar surface area (TPSA) is 42.0 Å². The smallest absolute Gasteiger partial charge is 0.209 e. The van der Waals surface area contributed by atoms with E-state index in [1.165, 1.54) is 19.5 Å². The zero-order valence-corrected chi connectivity index (χ0v) is 12.2. The average Bonchev–Trinajstić information content (AvgIpc) is 2.27. The highest BCUT2D eigenvalue weighted by Crippen LogP contribution is 2.08. The van der Waals surface area contributed by atoms with Gasteiger partial charge in [-0.2, -0.15) is 0 Å². The molecular formula is C13H28N2O3. The fourth-order valence-electron chi connectivity index (χ4n) is 1.49. The lowest BCUT2D eigenvalue weighted by Crippen LogP contribution is -2.41. The molecule has 0 saturated carbocycles. The van der Waals surface area contributed by atoms with Crippen LogP contribution >= 0.6 is 0 Å². The van der Waals surface area contributed by atoms with Crippen molar-refractivity contribution >= 4 is 6.41 Å². The van der Waals surface area contributed by atoms with Gasteiger partial charge in [0, 0.05) is 33.4 Å². The zero-order valence-electron chi connectivity index (χ0n) is 12.2. The Morgan fingerprint density at radius 1 is 1.17 bits per heavy atom. The summed E-state index contributed by atoms with van der Waals surface area (Å²) in [6, 6.07) is 0.786. The number of hydrogen-bond acceptors (Lipinski definition) is 4. The Bertz CT molecular complexity index is 189. The van der Waals surface area contributed by atoms with Crippen molar-refractivity contribution in [3.63, 3.8) is 0 Å². The molecule has 0 radical (unpaired) electrons. The molecule has 0 bridgehead atoms. The number of carbonyl (C=O) groups excluding carboxylic acids is 1. The first-order valence-electron chi connectivity index (χ1n) is 6.57. The molecule has 1 saturated heterocycles. The summed E-state index contributed by atoms with van der Waals surface area (Å²) in [5.74, 6) is 0. The van der Waals surface area contributed by atoms with Crippen LogP contribution < -0.4 is 0 Å². The minimum atomic E-state index is 0.572. The van der Waals surface area contributed by atoms with Crippen LogP contribution in [-0.4, -0.2) is 75.9 Å². The summed E-state index contributed by atoms with van der Waals surface area (Å²) >= 11 is 0. The largest absolute Gasteiger partial charge is 0.383 e. The van der Waals surface area contributed by atoms with Gasteiger partial charge >= 0.3 is 0 Å². The van der Waals surface area contributed by atoms with Gasteiger partial charge < -0.3 is 19.3 Å². The van der Waals surface area contributed by atoms with Crippen molar-refractivity contribution in [1.29, 1.82) is 0 Å². The van der Waals surface area contributed by atoms with E-state index >= 15 is 0 Å². The normalized spacial score (nSPS) is 14.7. The Morgan fingerprint density at radius 2 is 1.67 bits per heavy atom. The van der Waals surface area contributed by atoms with Crippen LogP contribution in [-0.2, 0) is 14.3 Å². The lowest BCUT2D eigenvalue weighted by molar-refractivity contribution is -0.119. The predicted molar refractivity (Wildman–Crippen MR) is 72.7 cm³/mol. The standard InChI is InChI=1S/C7H15NO3.C6H13N/c1-10-5-3-8(7-9)4-6-11-2;1-6(2)7-4-3-5-7/h7H,3-6H2,1-2H3;6H,3-5H2,1-2H3. The van der Waals surface area contributed by atoms with Crippen LogP contribution in [0.15, 0.2) is 0 Å². The second kappa shape index (κ2) is 11.4.